The quantitative estimate of drug-likeness (QED) is 0.405. The van der Waals surface area contributed by atoms with Gasteiger partial charge in [-0.25, -0.2) is 0 Å². The Labute approximate surface area is 180 Å². The summed E-state index contributed by atoms with van der Waals surface area (Å²) in [5.74, 6) is 0. The van der Waals surface area contributed by atoms with Crippen LogP contribution >= 0.6 is 0 Å². The lowest BCUT2D eigenvalue weighted by molar-refractivity contribution is 0.365. The second kappa shape index (κ2) is 7.62. The van der Waals surface area contributed by atoms with Gasteiger partial charge in [0.2, 0.25) is 0 Å². The van der Waals surface area contributed by atoms with Crippen molar-refractivity contribution in [3.8, 4) is 22.3 Å². The van der Waals surface area contributed by atoms with Gasteiger partial charge in [0.25, 0.3) is 0 Å². The first-order valence-electron chi connectivity index (χ1n) is 10.4. The molecular weight excluding hydrogens is 383 g/mol. The third-order valence-corrected chi connectivity index (χ3v) is 5.70. The smallest absolute Gasteiger partial charge is 0.405 e. The fourth-order valence-corrected chi connectivity index (χ4v) is 4.13. The molecule has 3 aromatic carbocycles. The summed E-state index contributed by atoms with van der Waals surface area (Å²) in [6.07, 6.45) is 3.86. The number of benzene rings is 3. The third kappa shape index (κ3) is 3.48. The molecule has 0 atom stereocenters. The van der Waals surface area contributed by atoms with E-state index in [1.54, 1.807) is 0 Å². The second-order valence-electron chi connectivity index (χ2n) is 7.75. The topological polar surface area (TPSA) is 44.2 Å². The van der Waals surface area contributed by atoms with Crippen LogP contribution in [0, 0.1) is 0 Å². The van der Waals surface area contributed by atoms with E-state index in [4.69, 9.17) is 9.31 Å². The molecule has 0 spiro atoms. The molecule has 5 aromatic rings. The predicted octanol–water partition coefficient (Wildman–Crippen LogP) is 4.86. The van der Waals surface area contributed by atoms with Crippen molar-refractivity contribution in [3.63, 3.8) is 0 Å². The highest BCUT2D eigenvalue weighted by atomic mass is 16.6. The maximum absolute atomic E-state index is 5.81. The summed E-state index contributed by atoms with van der Waals surface area (Å²) in [5, 5.41) is 2.24. The minimum Gasteiger partial charge on any atom is -0.405 e. The lowest BCUT2D eigenvalue weighted by Crippen LogP contribution is -2.31. The first-order chi connectivity index (χ1) is 15.3. The van der Waals surface area contributed by atoms with Gasteiger partial charge < -0.3 is 9.31 Å². The summed E-state index contributed by atoms with van der Waals surface area (Å²) in [6.45, 7) is 1.22. The Morgan fingerprint density at radius 2 is 1.10 bits per heavy atom. The molecule has 3 heterocycles. The van der Waals surface area contributed by atoms with Crippen LogP contribution in [0.3, 0.4) is 0 Å². The molecule has 6 rings (SSSR count). The molecule has 5 heteroatoms. The number of pyridine rings is 2. The molecule has 0 amide bonds. The van der Waals surface area contributed by atoms with Gasteiger partial charge in [-0.1, -0.05) is 48.5 Å². The summed E-state index contributed by atoms with van der Waals surface area (Å²) in [6, 6.07) is 27.2. The van der Waals surface area contributed by atoms with Crippen molar-refractivity contribution in [2.45, 2.75) is 0 Å². The monoisotopic (exact) mass is 402 g/mol. The minimum absolute atomic E-state index is 0.347. The average Bonchev–Trinajstić information content (AvgIpc) is 3.38. The Morgan fingerprint density at radius 1 is 0.581 bits per heavy atom. The minimum atomic E-state index is -0.347. The van der Waals surface area contributed by atoms with Crippen LogP contribution in [0.15, 0.2) is 91.3 Å². The third-order valence-electron chi connectivity index (χ3n) is 5.70. The number of rotatable bonds is 3. The van der Waals surface area contributed by atoms with Crippen LogP contribution in [0.2, 0.25) is 0 Å². The molecule has 2 aromatic heterocycles. The zero-order valence-electron chi connectivity index (χ0n) is 16.9. The molecule has 0 bridgehead atoms. The average molecular weight is 402 g/mol. The Bertz CT molecular complexity index is 1320. The van der Waals surface area contributed by atoms with Crippen molar-refractivity contribution >= 4 is 34.4 Å². The van der Waals surface area contributed by atoms with Crippen LogP contribution in [0.1, 0.15) is 0 Å². The first kappa shape index (κ1) is 18.3. The molecule has 1 aliphatic heterocycles. The van der Waals surface area contributed by atoms with Gasteiger partial charge in [-0.3, -0.25) is 9.97 Å². The maximum Gasteiger partial charge on any atom is 0.494 e. The molecule has 4 nitrogen and oxygen atoms in total. The molecule has 0 unspecified atom stereocenters. The van der Waals surface area contributed by atoms with Gasteiger partial charge in [0.15, 0.2) is 0 Å². The zero-order chi connectivity index (χ0) is 20.6. The van der Waals surface area contributed by atoms with Crippen molar-refractivity contribution in [1.29, 1.82) is 0 Å². The normalized spacial score (nSPS) is 13.9. The summed E-state index contributed by atoms with van der Waals surface area (Å²) in [7, 11) is -0.347. The predicted molar refractivity (Wildman–Crippen MR) is 125 cm³/mol. The fraction of sp³-hybridized carbons (Fsp3) is 0.0769. The molecular formula is C26H19BN2O2. The van der Waals surface area contributed by atoms with Crippen molar-refractivity contribution < 1.29 is 9.31 Å². The Morgan fingerprint density at radius 3 is 1.65 bits per heavy atom. The van der Waals surface area contributed by atoms with Crippen LogP contribution in [0.25, 0.3) is 44.1 Å². The van der Waals surface area contributed by atoms with E-state index in [0.29, 0.717) is 13.2 Å². The Balaban J connectivity index is 1.52. The highest BCUT2D eigenvalue weighted by Crippen LogP contribution is 2.29. The number of fused-ring (bicyclic) bond motifs is 2. The molecule has 0 aliphatic carbocycles. The SMILES string of the molecule is c1ccc2ncc(-c3cc(B4OCCO4)cc(-c4cnc5ccccc5c4)c3)cc2c1. The van der Waals surface area contributed by atoms with Crippen molar-refractivity contribution in [1.82, 2.24) is 9.97 Å². The standard InChI is InChI=1S/C26H19BN2O2/c1-3-7-25-18(5-1)11-22(16-28-25)20-13-21(15-24(14-20)27-30-9-10-31-27)23-12-19-6-2-4-8-26(19)29-17-23/h1-8,11-17H,9-10H2. The summed E-state index contributed by atoms with van der Waals surface area (Å²) in [4.78, 5) is 9.31. The highest BCUT2D eigenvalue weighted by molar-refractivity contribution is 6.62. The lowest BCUT2D eigenvalue weighted by atomic mass is 9.76. The van der Waals surface area contributed by atoms with E-state index in [1.165, 1.54) is 0 Å². The van der Waals surface area contributed by atoms with E-state index in [9.17, 15) is 0 Å². The van der Waals surface area contributed by atoms with Gasteiger partial charge >= 0.3 is 7.12 Å². The van der Waals surface area contributed by atoms with E-state index in [2.05, 4.69) is 52.4 Å². The van der Waals surface area contributed by atoms with E-state index < -0.39 is 0 Å². The molecule has 0 radical (unpaired) electrons. The van der Waals surface area contributed by atoms with Gasteiger partial charge in [0, 0.05) is 34.3 Å². The van der Waals surface area contributed by atoms with Crippen molar-refractivity contribution in [2.24, 2.45) is 0 Å². The largest absolute Gasteiger partial charge is 0.494 e. The van der Waals surface area contributed by atoms with Crippen LogP contribution in [0.4, 0.5) is 0 Å². The van der Waals surface area contributed by atoms with E-state index in [1.807, 2.05) is 48.8 Å². The molecule has 148 valence electrons. The van der Waals surface area contributed by atoms with E-state index in [0.717, 1.165) is 49.5 Å². The first-order valence-corrected chi connectivity index (χ1v) is 10.4. The van der Waals surface area contributed by atoms with Crippen LogP contribution in [-0.4, -0.2) is 30.3 Å². The Kier molecular flexibility index (Phi) is 4.48. The maximum atomic E-state index is 5.81. The van der Waals surface area contributed by atoms with Crippen LogP contribution in [0.5, 0.6) is 0 Å². The van der Waals surface area contributed by atoms with Crippen molar-refractivity contribution in [3.05, 3.63) is 91.3 Å². The number of aromatic nitrogens is 2. The molecule has 1 aliphatic rings. The molecule has 0 saturated carbocycles. The summed E-state index contributed by atoms with van der Waals surface area (Å²) >= 11 is 0. The summed E-state index contributed by atoms with van der Waals surface area (Å²) < 4.78 is 11.6. The van der Waals surface area contributed by atoms with Gasteiger partial charge in [0.05, 0.1) is 24.2 Å². The van der Waals surface area contributed by atoms with Gasteiger partial charge in [-0.15, -0.1) is 0 Å². The number of hydrogen-bond acceptors (Lipinski definition) is 4. The zero-order valence-corrected chi connectivity index (χ0v) is 16.9. The summed E-state index contributed by atoms with van der Waals surface area (Å²) in [5.41, 5.74) is 7.28. The fourth-order valence-electron chi connectivity index (χ4n) is 4.13. The van der Waals surface area contributed by atoms with E-state index >= 15 is 0 Å². The molecule has 1 saturated heterocycles. The Hall–Kier alpha value is -3.54. The molecule has 1 fully saturated rings. The van der Waals surface area contributed by atoms with Gasteiger partial charge in [0.1, 0.15) is 0 Å². The van der Waals surface area contributed by atoms with Crippen molar-refractivity contribution in [2.75, 3.05) is 13.2 Å². The van der Waals surface area contributed by atoms with Gasteiger partial charge in [-0.05, 0) is 46.9 Å². The van der Waals surface area contributed by atoms with Gasteiger partial charge in [-0.2, -0.15) is 0 Å². The number of hydrogen-bond donors (Lipinski definition) is 0. The van der Waals surface area contributed by atoms with E-state index in [-0.39, 0.29) is 7.12 Å². The van der Waals surface area contributed by atoms with Crippen LogP contribution in [-0.2, 0) is 9.31 Å². The molecule has 0 N–H and O–H groups in total. The molecule has 31 heavy (non-hydrogen) atoms. The second-order valence-corrected chi connectivity index (χ2v) is 7.75. The number of para-hydroxylation sites is 2. The number of nitrogens with zero attached hydrogens (tertiary/aromatic N) is 2. The lowest BCUT2D eigenvalue weighted by Gasteiger charge is -2.13. The van der Waals surface area contributed by atoms with Crippen LogP contribution < -0.4 is 5.46 Å². The highest BCUT2D eigenvalue weighted by Gasteiger charge is 2.27.